The molecule has 0 saturated carbocycles. The van der Waals surface area contributed by atoms with Crippen molar-refractivity contribution in [3.8, 4) is 5.75 Å². The molecule has 0 bridgehead atoms. The molecular formula is C33H24N6O2. The fraction of sp³-hybridized carbons (Fsp3) is 0. The maximum Gasteiger partial charge on any atom is 0.343 e. The molecule has 198 valence electrons. The van der Waals surface area contributed by atoms with Crippen molar-refractivity contribution in [3.63, 3.8) is 0 Å². The number of hydrogen-bond acceptors (Lipinski definition) is 8. The van der Waals surface area contributed by atoms with E-state index in [9.17, 15) is 4.79 Å². The van der Waals surface area contributed by atoms with E-state index in [4.69, 9.17) is 16.2 Å². The first-order valence-electron chi connectivity index (χ1n) is 12.9. The number of carbonyl (C=O) groups is 1. The molecule has 0 spiro atoms. The van der Waals surface area contributed by atoms with E-state index in [1.165, 1.54) is 0 Å². The average Bonchev–Trinajstić information content (AvgIpc) is 3.02. The van der Waals surface area contributed by atoms with Crippen LogP contribution in [0.5, 0.6) is 5.75 Å². The van der Waals surface area contributed by atoms with Crippen LogP contribution in [0.1, 0.15) is 10.4 Å². The molecule has 0 aliphatic carbocycles. The lowest BCUT2D eigenvalue weighted by molar-refractivity contribution is 0.0735. The van der Waals surface area contributed by atoms with Crippen LogP contribution in [-0.2, 0) is 0 Å². The summed E-state index contributed by atoms with van der Waals surface area (Å²) >= 11 is 0. The highest BCUT2D eigenvalue weighted by Gasteiger charge is 2.09. The second-order valence-corrected chi connectivity index (χ2v) is 9.27. The molecule has 0 aromatic heterocycles. The molecule has 6 rings (SSSR count). The van der Waals surface area contributed by atoms with E-state index in [0.717, 1.165) is 27.2 Å². The average molecular weight is 537 g/mol. The molecule has 0 heterocycles. The van der Waals surface area contributed by atoms with Gasteiger partial charge in [-0.15, -0.1) is 10.2 Å². The molecule has 0 atom stereocenters. The maximum absolute atomic E-state index is 12.7. The van der Waals surface area contributed by atoms with Gasteiger partial charge in [-0.1, -0.05) is 48.5 Å². The van der Waals surface area contributed by atoms with Crippen molar-refractivity contribution >= 4 is 61.6 Å². The van der Waals surface area contributed by atoms with Gasteiger partial charge in [0.2, 0.25) is 0 Å². The lowest BCUT2D eigenvalue weighted by Crippen LogP contribution is -2.07. The number of benzene rings is 6. The zero-order chi connectivity index (χ0) is 28.2. The number of esters is 1. The Bertz CT molecular complexity index is 1950. The first-order chi connectivity index (χ1) is 20.0. The molecule has 8 nitrogen and oxygen atoms in total. The molecule has 41 heavy (non-hydrogen) atoms. The normalized spacial score (nSPS) is 11.5. The largest absolute Gasteiger partial charge is 0.423 e. The first-order valence-corrected chi connectivity index (χ1v) is 12.9. The zero-order valence-electron chi connectivity index (χ0n) is 21.8. The van der Waals surface area contributed by atoms with Gasteiger partial charge >= 0.3 is 5.97 Å². The smallest absolute Gasteiger partial charge is 0.343 e. The number of nitrogen functional groups attached to an aromatic ring is 2. The van der Waals surface area contributed by atoms with Gasteiger partial charge in [-0.05, 0) is 72.8 Å². The molecule has 0 amide bonds. The van der Waals surface area contributed by atoms with Gasteiger partial charge in [0, 0.05) is 32.9 Å². The summed E-state index contributed by atoms with van der Waals surface area (Å²) in [6.45, 7) is 0. The number of hydrogen-bond donors (Lipinski definition) is 2. The Morgan fingerprint density at radius 1 is 0.488 bits per heavy atom. The summed E-state index contributed by atoms with van der Waals surface area (Å²) in [7, 11) is 0. The van der Waals surface area contributed by atoms with E-state index in [-0.39, 0.29) is 0 Å². The third-order valence-corrected chi connectivity index (χ3v) is 6.57. The molecule has 4 N–H and O–H groups in total. The molecule has 0 aliphatic rings. The van der Waals surface area contributed by atoms with Crippen LogP contribution >= 0.6 is 0 Å². The van der Waals surface area contributed by atoms with Crippen LogP contribution in [0.4, 0.5) is 34.1 Å². The standard InChI is InChI=1S/C33H24N6O2/c34-29-17-19-31(27-7-3-1-5-25(27)29)38-36-22-11-9-21(10-12-22)33(40)41-24-15-13-23(14-16-24)37-39-32-20-18-30(35)26-6-2-4-8-28(26)32/h1-20H,34-35H2/b38-36+,39-37+. The summed E-state index contributed by atoms with van der Waals surface area (Å²) in [4.78, 5) is 12.7. The second kappa shape index (κ2) is 11.1. The summed E-state index contributed by atoms with van der Waals surface area (Å²) in [5.41, 5.74) is 16.6. The number of carbonyl (C=O) groups excluding carboxylic acids is 1. The van der Waals surface area contributed by atoms with Crippen molar-refractivity contribution in [2.45, 2.75) is 0 Å². The lowest BCUT2D eigenvalue weighted by atomic mass is 10.1. The molecule has 0 fully saturated rings. The third kappa shape index (κ3) is 5.48. The van der Waals surface area contributed by atoms with Crippen LogP contribution in [0.25, 0.3) is 21.5 Å². The van der Waals surface area contributed by atoms with Gasteiger partial charge in [0.15, 0.2) is 0 Å². The van der Waals surface area contributed by atoms with Crippen molar-refractivity contribution in [1.82, 2.24) is 0 Å². The molecule has 6 aromatic rings. The first kappa shape index (κ1) is 25.4. The molecule has 0 saturated heterocycles. The molecule has 6 aromatic carbocycles. The maximum atomic E-state index is 12.7. The van der Waals surface area contributed by atoms with Gasteiger partial charge in [-0.3, -0.25) is 0 Å². The van der Waals surface area contributed by atoms with Crippen LogP contribution in [-0.4, -0.2) is 5.97 Å². The Morgan fingerprint density at radius 3 is 1.41 bits per heavy atom. The van der Waals surface area contributed by atoms with E-state index in [1.54, 1.807) is 48.5 Å². The number of ether oxygens (including phenoxy) is 1. The van der Waals surface area contributed by atoms with E-state index >= 15 is 0 Å². The van der Waals surface area contributed by atoms with Gasteiger partial charge < -0.3 is 16.2 Å². The fourth-order valence-corrected chi connectivity index (χ4v) is 4.42. The summed E-state index contributed by atoms with van der Waals surface area (Å²) in [5, 5.41) is 21.1. The summed E-state index contributed by atoms with van der Waals surface area (Å²) < 4.78 is 5.53. The van der Waals surface area contributed by atoms with Crippen LogP contribution in [0.15, 0.2) is 142 Å². The summed E-state index contributed by atoms with van der Waals surface area (Å²) in [6, 6.07) is 36.4. The van der Waals surface area contributed by atoms with E-state index in [1.807, 2.05) is 72.8 Å². The highest BCUT2D eigenvalue weighted by Crippen LogP contribution is 2.33. The van der Waals surface area contributed by atoms with Gasteiger partial charge in [0.1, 0.15) is 5.75 Å². The number of azo groups is 2. The van der Waals surface area contributed by atoms with Gasteiger partial charge in [0.25, 0.3) is 0 Å². The molecule has 8 heteroatoms. The van der Waals surface area contributed by atoms with E-state index in [0.29, 0.717) is 39.7 Å². The number of nitrogens with zero attached hydrogens (tertiary/aromatic N) is 4. The lowest BCUT2D eigenvalue weighted by Gasteiger charge is -2.06. The Morgan fingerprint density at radius 2 is 0.927 bits per heavy atom. The number of fused-ring (bicyclic) bond motifs is 2. The fourth-order valence-electron chi connectivity index (χ4n) is 4.42. The summed E-state index contributed by atoms with van der Waals surface area (Å²) in [5.74, 6) is -0.0911. The SMILES string of the molecule is Nc1ccc(/N=N/c2ccc(OC(=O)c3ccc(/N=N/c4ccc(N)c5ccccc45)cc3)cc2)c2ccccc12. The predicted molar refractivity (Wildman–Crippen MR) is 163 cm³/mol. The van der Waals surface area contributed by atoms with Crippen molar-refractivity contribution in [2.75, 3.05) is 11.5 Å². The van der Waals surface area contributed by atoms with Crippen molar-refractivity contribution in [2.24, 2.45) is 20.5 Å². The minimum atomic E-state index is -0.485. The highest BCUT2D eigenvalue weighted by molar-refractivity contribution is 6.00. The van der Waals surface area contributed by atoms with Crippen LogP contribution in [0, 0.1) is 0 Å². The molecule has 0 unspecified atom stereocenters. The van der Waals surface area contributed by atoms with E-state index in [2.05, 4.69) is 20.5 Å². The van der Waals surface area contributed by atoms with Crippen LogP contribution in [0.2, 0.25) is 0 Å². The van der Waals surface area contributed by atoms with Crippen molar-refractivity contribution in [1.29, 1.82) is 0 Å². The Balaban J connectivity index is 1.11. The molecule has 0 radical (unpaired) electrons. The molecule has 0 aliphatic heterocycles. The Hall–Kier alpha value is -5.89. The van der Waals surface area contributed by atoms with Gasteiger partial charge in [-0.25, -0.2) is 4.79 Å². The van der Waals surface area contributed by atoms with Gasteiger partial charge in [0.05, 0.1) is 28.3 Å². The zero-order valence-corrected chi connectivity index (χ0v) is 21.8. The minimum Gasteiger partial charge on any atom is -0.423 e. The monoisotopic (exact) mass is 536 g/mol. The number of anilines is 2. The summed E-state index contributed by atoms with van der Waals surface area (Å²) in [6.07, 6.45) is 0. The predicted octanol–water partition coefficient (Wildman–Crippen LogP) is 9.21. The van der Waals surface area contributed by atoms with Crippen molar-refractivity contribution < 1.29 is 9.53 Å². The number of nitrogens with two attached hydrogens (primary N) is 2. The Kier molecular flexibility index (Phi) is 6.86. The third-order valence-electron chi connectivity index (χ3n) is 6.57. The van der Waals surface area contributed by atoms with Crippen molar-refractivity contribution in [3.05, 3.63) is 127 Å². The second-order valence-electron chi connectivity index (χ2n) is 9.27. The van der Waals surface area contributed by atoms with Crippen LogP contribution in [0.3, 0.4) is 0 Å². The highest BCUT2D eigenvalue weighted by atomic mass is 16.5. The van der Waals surface area contributed by atoms with Gasteiger partial charge in [-0.2, -0.15) is 10.2 Å². The molecular weight excluding hydrogens is 512 g/mol. The van der Waals surface area contributed by atoms with E-state index < -0.39 is 5.97 Å². The topological polar surface area (TPSA) is 128 Å². The van der Waals surface area contributed by atoms with Crippen LogP contribution < -0.4 is 16.2 Å². The minimum absolute atomic E-state index is 0.390. The quantitative estimate of drug-likeness (QED) is 0.0951. The number of rotatable bonds is 6. The Labute approximate surface area is 235 Å².